The molecule has 96 valence electrons. The topological polar surface area (TPSA) is 22.0 Å². The van der Waals surface area contributed by atoms with Gasteiger partial charge in [-0.05, 0) is 25.0 Å². The molecule has 3 rings (SSSR count). The Labute approximate surface area is 113 Å². The smallest absolute Gasteiger partial charge is 0.209 e. The van der Waals surface area contributed by atoms with E-state index < -0.39 is 0 Å². The summed E-state index contributed by atoms with van der Waals surface area (Å²) in [5.41, 5.74) is 2.85. The average Bonchev–Trinajstić information content (AvgIpc) is 3.02. The van der Waals surface area contributed by atoms with E-state index in [-0.39, 0.29) is 5.78 Å². The van der Waals surface area contributed by atoms with Crippen molar-refractivity contribution in [2.75, 3.05) is 0 Å². The van der Waals surface area contributed by atoms with Crippen LogP contribution < -0.4 is 0 Å². The highest BCUT2D eigenvalue weighted by molar-refractivity contribution is 6.08. The van der Waals surface area contributed by atoms with Crippen LogP contribution in [0.3, 0.4) is 0 Å². The van der Waals surface area contributed by atoms with Gasteiger partial charge in [0.25, 0.3) is 0 Å². The number of nitrogens with zero attached hydrogens (tertiary/aromatic N) is 1. The molecule has 0 aliphatic carbocycles. The number of carbonyl (C=O) groups excluding carboxylic acids is 1. The molecule has 0 amide bonds. The SMILES string of the molecule is C=CCC1CCn2c(C(=O)c3ccccc3)ccc21. The number of aromatic nitrogens is 1. The highest BCUT2D eigenvalue weighted by Gasteiger charge is 2.26. The second-order valence-corrected chi connectivity index (χ2v) is 5.00. The summed E-state index contributed by atoms with van der Waals surface area (Å²) in [4.78, 5) is 12.5. The van der Waals surface area contributed by atoms with E-state index in [2.05, 4.69) is 17.2 Å². The van der Waals surface area contributed by atoms with Gasteiger partial charge in [0.2, 0.25) is 5.78 Å². The van der Waals surface area contributed by atoms with Crippen LogP contribution in [0.4, 0.5) is 0 Å². The van der Waals surface area contributed by atoms with Crippen LogP contribution in [0.1, 0.15) is 40.5 Å². The van der Waals surface area contributed by atoms with Gasteiger partial charge in [-0.15, -0.1) is 6.58 Å². The quantitative estimate of drug-likeness (QED) is 0.598. The Morgan fingerprint density at radius 3 is 2.79 bits per heavy atom. The fourth-order valence-electron chi connectivity index (χ4n) is 2.90. The van der Waals surface area contributed by atoms with E-state index in [1.54, 1.807) is 0 Å². The van der Waals surface area contributed by atoms with Crippen LogP contribution in [0.15, 0.2) is 55.1 Å². The van der Waals surface area contributed by atoms with E-state index in [4.69, 9.17) is 0 Å². The fraction of sp³-hybridized carbons (Fsp3) is 0.235. The summed E-state index contributed by atoms with van der Waals surface area (Å²) in [6, 6.07) is 13.5. The summed E-state index contributed by atoms with van der Waals surface area (Å²) in [7, 11) is 0. The Kier molecular flexibility index (Phi) is 3.08. The Hall–Kier alpha value is -2.09. The minimum atomic E-state index is 0.117. The first-order valence-electron chi connectivity index (χ1n) is 6.71. The molecular formula is C17H17NO. The molecule has 1 aromatic carbocycles. The maximum atomic E-state index is 12.5. The van der Waals surface area contributed by atoms with Crippen molar-refractivity contribution in [3.8, 4) is 0 Å². The Morgan fingerprint density at radius 2 is 2.05 bits per heavy atom. The lowest BCUT2D eigenvalue weighted by Crippen LogP contribution is -2.08. The van der Waals surface area contributed by atoms with Crippen molar-refractivity contribution < 1.29 is 4.79 Å². The Balaban J connectivity index is 1.94. The van der Waals surface area contributed by atoms with Gasteiger partial charge in [0.15, 0.2) is 0 Å². The van der Waals surface area contributed by atoms with Gasteiger partial charge in [-0.3, -0.25) is 4.79 Å². The number of benzene rings is 1. The highest BCUT2D eigenvalue weighted by Crippen LogP contribution is 2.33. The monoisotopic (exact) mass is 251 g/mol. The highest BCUT2D eigenvalue weighted by atomic mass is 16.1. The summed E-state index contributed by atoms with van der Waals surface area (Å²) in [6.45, 7) is 4.75. The predicted octanol–water partition coefficient (Wildman–Crippen LogP) is 3.78. The van der Waals surface area contributed by atoms with Crippen molar-refractivity contribution in [1.29, 1.82) is 0 Å². The first kappa shape index (κ1) is 12.0. The Morgan fingerprint density at radius 1 is 1.26 bits per heavy atom. The lowest BCUT2D eigenvalue weighted by molar-refractivity contribution is 0.103. The maximum Gasteiger partial charge on any atom is 0.209 e. The van der Waals surface area contributed by atoms with E-state index >= 15 is 0 Å². The van der Waals surface area contributed by atoms with Gasteiger partial charge in [0.05, 0.1) is 5.69 Å². The zero-order valence-corrected chi connectivity index (χ0v) is 10.9. The maximum absolute atomic E-state index is 12.5. The van der Waals surface area contributed by atoms with E-state index in [1.165, 1.54) is 5.69 Å². The molecule has 0 saturated heterocycles. The molecule has 2 nitrogen and oxygen atoms in total. The lowest BCUT2D eigenvalue weighted by Gasteiger charge is -2.06. The molecule has 1 unspecified atom stereocenters. The molecule has 1 aromatic heterocycles. The average molecular weight is 251 g/mol. The Bertz CT molecular complexity index is 609. The third-order valence-corrected chi connectivity index (χ3v) is 3.85. The van der Waals surface area contributed by atoms with Gasteiger partial charge in [0, 0.05) is 23.7 Å². The minimum absolute atomic E-state index is 0.117. The van der Waals surface area contributed by atoms with Gasteiger partial charge in [-0.1, -0.05) is 36.4 Å². The van der Waals surface area contributed by atoms with Gasteiger partial charge >= 0.3 is 0 Å². The molecular weight excluding hydrogens is 234 g/mol. The van der Waals surface area contributed by atoms with Gasteiger partial charge < -0.3 is 4.57 Å². The van der Waals surface area contributed by atoms with Gasteiger partial charge in [0.1, 0.15) is 0 Å². The summed E-state index contributed by atoms with van der Waals surface area (Å²) in [6.07, 6.45) is 4.06. The van der Waals surface area contributed by atoms with Crippen LogP contribution in [0.5, 0.6) is 0 Å². The van der Waals surface area contributed by atoms with E-state index in [1.807, 2.05) is 42.5 Å². The van der Waals surface area contributed by atoms with Crippen molar-refractivity contribution in [1.82, 2.24) is 4.57 Å². The van der Waals surface area contributed by atoms with E-state index in [0.717, 1.165) is 30.6 Å². The number of carbonyl (C=O) groups is 1. The molecule has 1 atom stereocenters. The zero-order chi connectivity index (χ0) is 13.2. The molecule has 1 aliphatic heterocycles. The zero-order valence-electron chi connectivity index (χ0n) is 10.9. The van der Waals surface area contributed by atoms with Crippen LogP contribution in [-0.2, 0) is 6.54 Å². The normalized spacial score (nSPS) is 17.2. The summed E-state index contributed by atoms with van der Waals surface area (Å²) in [5.74, 6) is 0.640. The van der Waals surface area contributed by atoms with E-state index in [0.29, 0.717) is 5.92 Å². The fourth-order valence-corrected chi connectivity index (χ4v) is 2.90. The first-order valence-corrected chi connectivity index (χ1v) is 6.71. The third-order valence-electron chi connectivity index (χ3n) is 3.85. The lowest BCUT2D eigenvalue weighted by atomic mass is 10.0. The van der Waals surface area contributed by atoms with Crippen molar-refractivity contribution in [3.63, 3.8) is 0 Å². The minimum Gasteiger partial charge on any atom is -0.342 e. The molecule has 2 heteroatoms. The number of rotatable bonds is 4. The van der Waals surface area contributed by atoms with Crippen LogP contribution in [-0.4, -0.2) is 10.4 Å². The molecule has 2 aromatic rings. The number of ketones is 1. The van der Waals surface area contributed by atoms with Crippen molar-refractivity contribution >= 4 is 5.78 Å². The van der Waals surface area contributed by atoms with Crippen molar-refractivity contribution in [3.05, 3.63) is 72.1 Å². The number of hydrogen-bond donors (Lipinski definition) is 0. The van der Waals surface area contributed by atoms with Crippen LogP contribution >= 0.6 is 0 Å². The van der Waals surface area contributed by atoms with Crippen LogP contribution in [0.2, 0.25) is 0 Å². The molecule has 0 N–H and O–H groups in total. The number of hydrogen-bond acceptors (Lipinski definition) is 1. The second kappa shape index (κ2) is 4.88. The first-order chi connectivity index (χ1) is 9.31. The summed E-state index contributed by atoms with van der Waals surface area (Å²) < 4.78 is 2.17. The molecule has 0 saturated carbocycles. The van der Waals surface area contributed by atoms with Crippen LogP contribution in [0, 0.1) is 0 Å². The molecule has 2 heterocycles. The molecule has 0 fully saturated rings. The molecule has 0 radical (unpaired) electrons. The standard InChI is InChI=1S/C17H17NO/c1-2-6-13-11-12-18-15(13)9-10-16(18)17(19)14-7-4-3-5-8-14/h2-5,7-10,13H,1,6,11-12H2. The summed E-state index contributed by atoms with van der Waals surface area (Å²) >= 11 is 0. The van der Waals surface area contributed by atoms with Crippen LogP contribution in [0.25, 0.3) is 0 Å². The van der Waals surface area contributed by atoms with Crippen molar-refractivity contribution in [2.45, 2.75) is 25.3 Å². The number of allylic oxidation sites excluding steroid dienone is 1. The number of fused-ring (bicyclic) bond motifs is 1. The largest absolute Gasteiger partial charge is 0.342 e. The van der Waals surface area contributed by atoms with Crippen molar-refractivity contribution in [2.24, 2.45) is 0 Å². The molecule has 1 aliphatic rings. The molecule has 0 bridgehead atoms. The second-order valence-electron chi connectivity index (χ2n) is 5.00. The molecule has 0 spiro atoms. The predicted molar refractivity (Wildman–Crippen MR) is 76.5 cm³/mol. The van der Waals surface area contributed by atoms with E-state index in [9.17, 15) is 4.79 Å². The third kappa shape index (κ3) is 2.03. The summed E-state index contributed by atoms with van der Waals surface area (Å²) in [5, 5.41) is 0. The molecule has 19 heavy (non-hydrogen) atoms. The van der Waals surface area contributed by atoms with Gasteiger partial charge in [-0.25, -0.2) is 0 Å². The van der Waals surface area contributed by atoms with Gasteiger partial charge in [-0.2, -0.15) is 0 Å².